The normalized spacial score (nSPS) is 26.7. The highest BCUT2D eigenvalue weighted by Crippen LogP contribution is 2.17. The number of amides is 1. The van der Waals surface area contributed by atoms with Crippen molar-refractivity contribution in [1.82, 2.24) is 25.5 Å². The molecule has 2 atom stereocenters. The maximum Gasteiger partial charge on any atom is 0.295 e. The zero-order valence-electron chi connectivity index (χ0n) is 8.42. The molecular formula is C8H13N5O2. The summed E-state index contributed by atoms with van der Waals surface area (Å²) in [5.41, 5.74) is 0. The summed E-state index contributed by atoms with van der Waals surface area (Å²) in [5, 5.41) is 22.4. The number of nitrogens with zero attached hydrogens (tertiary/aromatic N) is 4. The number of hydrogen-bond donors (Lipinski definition) is 2. The third-order valence-corrected chi connectivity index (χ3v) is 2.68. The van der Waals surface area contributed by atoms with Gasteiger partial charge in [0.2, 0.25) is 0 Å². The molecule has 1 aromatic rings. The Kier molecular flexibility index (Phi) is 2.63. The van der Waals surface area contributed by atoms with Crippen LogP contribution in [0, 0.1) is 5.92 Å². The molecule has 1 aromatic heterocycles. The van der Waals surface area contributed by atoms with Gasteiger partial charge in [-0.15, -0.1) is 10.2 Å². The van der Waals surface area contributed by atoms with E-state index >= 15 is 0 Å². The summed E-state index contributed by atoms with van der Waals surface area (Å²) in [6.07, 6.45) is 0.282. The molecule has 2 N–H and O–H groups in total. The molecule has 0 aromatic carbocycles. The summed E-state index contributed by atoms with van der Waals surface area (Å²) in [5.74, 6) is -0.0595. The van der Waals surface area contributed by atoms with E-state index in [1.54, 1.807) is 4.90 Å². The van der Waals surface area contributed by atoms with Crippen molar-refractivity contribution >= 4 is 5.91 Å². The fourth-order valence-electron chi connectivity index (χ4n) is 1.71. The van der Waals surface area contributed by atoms with Crippen molar-refractivity contribution in [3.63, 3.8) is 0 Å². The molecule has 0 radical (unpaired) electrons. The van der Waals surface area contributed by atoms with Gasteiger partial charge < -0.3 is 10.0 Å². The molecular weight excluding hydrogens is 198 g/mol. The first kappa shape index (κ1) is 10.0. The van der Waals surface area contributed by atoms with Crippen LogP contribution in [0.15, 0.2) is 0 Å². The van der Waals surface area contributed by atoms with Gasteiger partial charge in [0.25, 0.3) is 11.7 Å². The molecule has 0 bridgehead atoms. The number of rotatable bonds is 1. The number of tetrazole rings is 1. The molecule has 2 rings (SSSR count). The standard InChI is InChI=1S/C8H13N5O2/c1-5-4-13(3-2-6(5)14)8(15)7-9-11-12-10-7/h5-6,14H,2-4H2,1H3,(H,9,10,11,12). The van der Waals surface area contributed by atoms with Gasteiger partial charge in [0, 0.05) is 13.1 Å². The lowest BCUT2D eigenvalue weighted by molar-refractivity contribution is 0.0290. The Morgan fingerprint density at radius 2 is 2.47 bits per heavy atom. The van der Waals surface area contributed by atoms with Gasteiger partial charge in [-0.1, -0.05) is 6.92 Å². The first-order chi connectivity index (χ1) is 7.18. The smallest absolute Gasteiger partial charge is 0.295 e. The van der Waals surface area contributed by atoms with Crippen molar-refractivity contribution in [2.24, 2.45) is 5.92 Å². The maximum atomic E-state index is 11.8. The van der Waals surface area contributed by atoms with Crippen LogP contribution in [-0.4, -0.2) is 55.7 Å². The van der Waals surface area contributed by atoms with Crippen molar-refractivity contribution < 1.29 is 9.90 Å². The summed E-state index contributed by atoms with van der Waals surface area (Å²) in [6.45, 7) is 2.99. The van der Waals surface area contributed by atoms with E-state index in [9.17, 15) is 9.90 Å². The third kappa shape index (κ3) is 1.96. The maximum absolute atomic E-state index is 11.8. The Labute approximate surface area is 86.5 Å². The number of aliphatic hydroxyl groups is 1. The zero-order valence-corrected chi connectivity index (χ0v) is 8.42. The first-order valence-corrected chi connectivity index (χ1v) is 4.89. The highest BCUT2D eigenvalue weighted by molar-refractivity contribution is 5.90. The second kappa shape index (κ2) is 3.93. The SMILES string of the molecule is CC1CN(C(=O)c2nn[nH]n2)CCC1O. The van der Waals surface area contributed by atoms with E-state index in [1.807, 2.05) is 6.92 Å². The third-order valence-electron chi connectivity index (χ3n) is 2.68. The van der Waals surface area contributed by atoms with Crippen LogP contribution >= 0.6 is 0 Å². The molecule has 1 aliphatic rings. The summed E-state index contributed by atoms with van der Waals surface area (Å²) in [4.78, 5) is 13.4. The molecule has 0 saturated carbocycles. The van der Waals surface area contributed by atoms with Crippen molar-refractivity contribution in [2.45, 2.75) is 19.4 Å². The number of hydrogen-bond acceptors (Lipinski definition) is 5. The number of nitrogens with one attached hydrogen (secondary N) is 1. The lowest BCUT2D eigenvalue weighted by Crippen LogP contribution is -2.45. The fourth-order valence-corrected chi connectivity index (χ4v) is 1.71. The molecule has 0 aliphatic carbocycles. The molecule has 2 unspecified atom stereocenters. The van der Waals surface area contributed by atoms with Crippen LogP contribution in [0.25, 0.3) is 0 Å². The van der Waals surface area contributed by atoms with E-state index in [4.69, 9.17) is 0 Å². The topological polar surface area (TPSA) is 95.0 Å². The van der Waals surface area contributed by atoms with Gasteiger partial charge in [-0.05, 0) is 17.6 Å². The van der Waals surface area contributed by atoms with Crippen LogP contribution < -0.4 is 0 Å². The van der Waals surface area contributed by atoms with Gasteiger partial charge >= 0.3 is 0 Å². The molecule has 7 nitrogen and oxygen atoms in total. The molecule has 2 heterocycles. The number of aromatic nitrogens is 4. The minimum Gasteiger partial charge on any atom is -0.393 e. The van der Waals surface area contributed by atoms with Crippen molar-refractivity contribution in [2.75, 3.05) is 13.1 Å². The van der Waals surface area contributed by atoms with Crippen LogP contribution in [0.5, 0.6) is 0 Å². The molecule has 1 fully saturated rings. The minimum atomic E-state index is -0.320. The second-order valence-electron chi connectivity index (χ2n) is 3.82. The van der Waals surface area contributed by atoms with Crippen molar-refractivity contribution in [3.05, 3.63) is 5.82 Å². The lowest BCUT2D eigenvalue weighted by atomic mass is 9.97. The molecule has 7 heteroatoms. The molecule has 1 amide bonds. The number of likely N-dealkylation sites (tertiary alicyclic amines) is 1. The minimum absolute atomic E-state index is 0.0820. The quantitative estimate of drug-likeness (QED) is 0.624. The number of piperidine rings is 1. The van der Waals surface area contributed by atoms with Crippen LogP contribution in [0.4, 0.5) is 0 Å². The summed E-state index contributed by atoms with van der Waals surface area (Å²) < 4.78 is 0. The van der Waals surface area contributed by atoms with E-state index in [0.29, 0.717) is 19.5 Å². The van der Waals surface area contributed by atoms with Crippen molar-refractivity contribution in [1.29, 1.82) is 0 Å². The van der Waals surface area contributed by atoms with Gasteiger partial charge in [-0.2, -0.15) is 5.21 Å². The number of carbonyl (C=O) groups is 1. The Hall–Kier alpha value is -1.50. The lowest BCUT2D eigenvalue weighted by Gasteiger charge is -2.33. The van der Waals surface area contributed by atoms with Crippen LogP contribution in [0.3, 0.4) is 0 Å². The van der Waals surface area contributed by atoms with Crippen LogP contribution in [0.2, 0.25) is 0 Å². The summed E-state index contributed by atoms with van der Waals surface area (Å²) >= 11 is 0. The zero-order chi connectivity index (χ0) is 10.8. The summed E-state index contributed by atoms with van der Waals surface area (Å²) in [7, 11) is 0. The van der Waals surface area contributed by atoms with Crippen LogP contribution in [-0.2, 0) is 0 Å². The van der Waals surface area contributed by atoms with E-state index in [0.717, 1.165) is 0 Å². The highest BCUT2D eigenvalue weighted by atomic mass is 16.3. The van der Waals surface area contributed by atoms with Gasteiger partial charge in [0.05, 0.1) is 6.10 Å². The average Bonchev–Trinajstić information content (AvgIpc) is 2.74. The Morgan fingerprint density at radius 3 is 3.07 bits per heavy atom. The van der Waals surface area contributed by atoms with E-state index in [-0.39, 0.29) is 23.8 Å². The number of aromatic amines is 1. The Bertz CT molecular complexity index is 339. The molecule has 15 heavy (non-hydrogen) atoms. The Balaban J connectivity index is 2.03. The largest absolute Gasteiger partial charge is 0.393 e. The first-order valence-electron chi connectivity index (χ1n) is 4.89. The average molecular weight is 211 g/mol. The molecule has 82 valence electrons. The van der Waals surface area contributed by atoms with Gasteiger partial charge in [0.1, 0.15) is 0 Å². The predicted octanol–water partition coefficient (Wildman–Crippen LogP) is -0.957. The van der Waals surface area contributed by atoms with E-state index in [2.05, 4.69) is 20.6 Å². The molecule has 1 aliphatic heterocycles. The van der Waals surface area contributed by atoms with E-state index in [1.165, 1.54) is 0 Å². The number of carbonyl (C=O) groups excluding carboxylic acids is 1. The highest BCUT2D eigenvalue weighted by Gasteiger charge is 2.29. The van der Waals surface area contributed by atoms with Gasteiger partial charge in [-0.3, -0.25) is 4.79 Å². The van der Waals surface area contributed by atoms with E-state index < -0.39 is 0 Å². The van der Waals surface area contributed by atoms with Gasteiger partial charge in [0.15, 0.2) is 0 Å². The number of H-pyrrole nitrogens is 1. The number of aliphatic hydroxyl groups excluding tert-OH is 1. The predicted molar refractivity (Wildman–Crippen MR) is 49.9 cm³/mol. The van der Waals surface area contributed by atoms with Crippen molar-refractivity contribution in [3.8, 4) is 0 Å². The van der Waals surface area contributed by atoms with Crippen LogP contribution in [0.1, 0.15) is 24.0 Å². The monoisotopic (exact) mass is 211 g/mol. The summed E-state index contributed by atoms with van der Waals surface area (Å²) in [6, 6.07) is 0. The molecule has 0 spiro atoms. The Morgan fingerprint density at radius 1 is 1.67 bits per heavy atom. The molecule has 1 saturated heterocycles. The fraction of sp³-hybridized carbons (Fsp3) is 0.750. The second-order valence-corrected chi connectivity index (χ2v) is 3.82. The van der Waals surface area contributed by atoms with Gasteiger partial charge in [-0.25, -0.2) is 0 Å².